The molecule has 1 aromatic heterocycles. The second kappa shape index (κ2) is 12.2. The van der Waals surface area contributed by atoms with Gasteiger partial charge in [-0.15, -0.1) is 11.8 Å². The number of nitrogens with one attached hydrogen (secondary N) is 1. The maximum Gasteiger partial charge on any atom is 0.249 e. The minimum Gasteiger partial charge on any atom is -0.496 e. The van der Waals surface area contributed by atoms with Gasteiger partial charge in [0, 0.05) is 52.7 Å². The van der Waals surface area contributed by atoms with E-state index in [1.54, 1.807) is 35.7 Å². The van der Waals surface area contributed by atoms with Gasteiger partial charge in [-0.25, -0.2) is 4.68 Å². The lowest BCUT2D eigenvalue weighted by Gasteiger charge is -2.27. The van der Waals surface area contributed by atoms with Gasteiger partial charge in [0.1, 0.15) is 11.4 Å². The summed E-state index contributed by atoms with van der Waals surface area (Å²) < 4.78 is 12.7. The van der Waals surface area contributed by atoms with Gasteiger partial charge in [0.25, 0.3) is 0 Å². The predicted octanol–water partition coefficient (Wildman–Crippen LogP) is 4.95. The minimum atomic E-state index is -1.57. The number of aromatic nitrogens is 2. The van der Waals surface area contributed by atoms with Crippen molar-refractivity contribution in [2.24, 2.45) is 5.92 Å². The fourth-order valence-electron chi connectivity index (χ4n) is 5.32. The molecule has 1 fully saturated rings. The van der Waals surface area contributed by atoms with Crippen molar-refractivity contribution in [3.63, 3.8) is 0 Å². The van der Waals surface area contributed by atoms with Crippen LogP contribution in [0.2, 0.25) is 0 Å². The number of nitrogens with zero attached hydrogens (tertiary/aromatic N) is 4. The van der Waals surface area contributed by atoms with E-state index in [-0.39, 0.29) is 5.69 Å². The number of hydrogen-bond acceptors (Lipinski definition) is 8. The fraction of sp³-hybridized carbons (Fsp3) is 0.250. The van der Waals surface area contributed by atoms with E-state index in [1.807, 2.05) is 66.7 Å². The van der Waals surface area contributed by atoms with Gasteiger partial charge >= 0.3 is 0 Å². The molecule has 10 heteroatoms. The van der Waals surface area contributed by atoms with Gasteiger partial charge in [-0.2, -0.15) is 10.4 Å². The van der Waals surface area contributed by atoms with Crippen molar-refractivity contribution in [3.8, 4) is 28.8 Å². The molecule has 9 nitrogen and oxygen atoms in total. The number of ketones is 1. The number of anilines is 1. The molecule has 0 radical (unpaired) electrons. The molecule has 2 aliphatic rings. The van der Waals surface area contributed by atoms with E-state index in [2.05, 4.69) is 10.2 Å². The number of carbonyl (C=O) groups is 2. The lowest BCUT2D eigenvalue weighted by atomic mass is 9.97. The van der Waals surface area contributed by atoms with Crippen molar-refractivity contribution in [1.82, 2.24) is 14.7 Å². The lowest BCUT2D eigenvalue weighted by molar-refractivity contribution is -0.117. The summed E-state index contributed by atoms with van der Waals surface area (Å²) in [5.41, 5.74) is 4.79. The minimum absolute atomic E-state index is 0.139. The van der Waals surface area contributed by atoms with E-state index in [0.29, 0.717) is 36.9 Å². The first kappa shape index (κ1) is 27.7. The number of ether oxygens (including phenoxy) is 2. The van der Waals surface area contributed by atoms with E-state index in [9.17, 15) is 14.9 Å². The van der Waals surface area contributed by atoms with Crippen LogP contribution in [-0.4, -0.2) is 59.8 Å². The smallest absolute Gasteiger partial charge is 0.249 e. The maximum absolute atomic E-state index is 13.9. The molecule has 0 aliphatic carbocycles. The SMILES string of the molecule is COc1ccc(NC(=O)C(C#N)C(=O)c2nn(-c3ccccc3)c3c2CSc2ccccc2-3)cc1CN1CCOCC1. The summed E-state index contributed by atoms with van der Waals surface area (Å²) in [4.78, 5) is 30.6. The Balaban J connectivity index is 1.30. The number of benzene rings is 3. The highest BCUT2D eigenvalue weighted by atomic mass is 32.2. The zero-order valence-corrected chi connectivity index (χ0v) is 23.9. The molecule has 0 bridgehead atoms. The summed E-state index contributed by atoms with van der Waals surface area (Å²) in [6.07, 6.45) is 0. The summed E-state index contributed by atoms with van der Waals surface area (Å²) in [6.45, 7) is 3.55. The second-order valence-electron chi connectivity index (χ2n) is 10.0. The van der Waals surface area contributed by atoms with Crippen LogP contribution >= 0.6 is 11.8 Å². The molecular weight excluding hydrogens is 550 g/mol. The van der Waals surface area contributed by atoms with E-state index < -0.39 is 17.6 Å². The third kappa shape index (κ3) is 5.42. The van der Waals surface area contributed by atoms with Crippen LogP contribution < -0.4 is 10.1 Å². The summed E-state index contributed by atoms with van der Waals surface area (Å²) >= 11 is 1.61. The molecule has 4 aromatic rings. The Bertz CT molecular complexity index is 1670. The third-order valence-electron chi connectivity index (χ3n) is 7.43. The van der Waals surface area contributed by atoms with Crippen LogP contribution in [0, 0.1) is 17.2 Å². The first-order valence-corrected chi connectivity index (χ1v) is 14.7. The van der Waals surface area contributed by atoms with Crippen LogP contribution in [-0.2, 0) is 21.8 Å². The zero-order chi connectivity index (χ0) is 29.1. The van der Waals surface area contributed by atoms with Gasteiger partial charge in [0.2, 0.25) is 11.7 Å². The molecule has 3 heterocycles. The van der Waals surface area contributed by atoms with Crippen LogP contribution in [0.1, 0.15) is 21.6 Å². The van der Waals surface area contributed by atoms with Crippen molar-refractivity contribution in [2.45, 2.75) is 17.2 Å². The highest BCUT2D eigenvalue weighted by Gasteiger charge is 2.35. The molecular formula is C32H29N5O4S. The van der Waals surface area contributed by atoms with Crippen LogP contribution in [0.4, 0.5) is 5.69 Å². The predicted molar refractivity (Wildman–Crippen MR) is 160 cm³/mol. The molecule has 1 saturated heterocycles. The Morgan fingerprint density at radius 1 is 1.10 bits per heavy atom. The van der Waals surface area contributed by atoms with E-state index in [4.69, 9.17) is 14.6 Å². The zero-order valence-electron chi connectivity index (χ0n) is 23.1. The number of para-hydroxylation sites is 1. The molecule has 0 saturated carbocycles. The number of methoxy groups -OCH3 is 1. The van der Waals surface area contributed by atoms with Crippen LogP contribution in [0.3, 0.4) is 0 Å². The topological polar surface area (TPSA) is 109 Å². The molecule has 1 atom stereocenters. The van der Waals surface area contributed by atoms with Crippen LogP contribution in [0.15, 0.2) is 77.7 Å². The van der Waals surface area contributed by atoms with E-state index in [1.165, 1.54) is 0 Å². The van der Waals surface area contributed by atoms with Gasteiger partial charge in [-0.3, -0.25) is 14.5 Å². The fourth-order valence-corrected chi connectivity index (χ4v) is 6.39. The van der Waals surface area contributed by atoms with Gasteiger partial charge in [0.05, 0.1) is 37.8 Å². The standard InChI is InChI=1S/C32H29N5O4S/c1-40-27-12-11-22(17-21(27)19-36-13-15-41-16-14-36)34-32(39)25(18-33)31(38)29-26-20-42-28-10-6-5-9-24(28)30(26)37(35-29)23-7-3-2-4-8-23/h2-12,17,25H,13-16,19-20H2,1H3,(H,34,39). The number of rotatable bonds is 8. The first-order valence-electron chi connectivity index (χ1n) is 13.7. The van der Waals surface area contributed by atoms with Gasteiger partial charge in [-0.1, -0.05) is 36.4 Å². The highest BCUT2D eigenvalue weighted by molar-refractivity contribution is 7.98. The number of nitriles is 1. The Kier molecular flexibility index (Phi) is 8.06. The quantitative estimate of drug-likeness (QED) is 0.231. The first-order chi connectivity index (χ1) is 20.6. The summed E-state index contributed by atoms with van der Waals surface area (Å²) in [7, 11) is 1.60. The maximum atomic E-state index is 13.9. The normalized spacial score (nSPS) is 15.1. The van der Waals surface area contributed by atoms with Crippen molar-refractivity contribution in [2.75, 3.05) is 38.7 Å². The average Bonchev–Trinajstić information content (AvgIpc) is 3.43. The van der Waals surface area contributed by atoms with Gasteiger partial charge in [-0.05, 0) is 36.4 Å². The second-order valence-corrected chi connectivity index (χ2v) is 11.1. The van der Waals surface area contributed by atoms with Crippen molar-refractivity contribution in [3.05, 3.63) is 89.6 Å². The van der Waals surface area contributed by atoms with Gasteiger partial charge in [0.15, 0.2) is 5.92 Å². The van der Waals surface area contributed by atoms with Crippen LogP contribution in [0.25, 0.3) is 16.9 Å². The molecule has 0 spiro atoms. The molecule has 1 N–H and O–H groups in total. The summed E-state index contributed by atoms with van der Waals surface area (Å²) in [5.74, 6) is -1.69. The monoisotopic (exact) mass is 579 g/mol. The van der Waals surface area contributed by atoms with Crippen LogP contribution in [0.5, 0.6) is 5.75 Å². The number of Topliss-reactive ketones (excluding diaryl/α,β-unsaturated/α-hetero) is 1. The molecule has 3 aromatic carbocycles. The molecule has 2 aliphatic heterocycles. The number of morpholine rings is 1. The molecule has 1 amide bonds. The summed E-state index contributed by atoms with van der Waals surface area (Å²) in [6, 6.07) is 24.8. The Morgan fingerprint density at radius 2 is 1.86 bits per heavy atom. The number of amides is 1. The Labute approximate surface area is 248 Å². The van der Waals surface area contributed by atoms with E-state index >= 15 is 0 Å². The number of thioether (sulfide) groups is 1. The van der Waals surface area contributed by atoms with Crippen molar-refractivity contribution in [1.29, 1.82) is 5.26 Å². The van der Waals surface area contributed by atoms with Crippen molar-refractivity contribution >= 4 is 29.1 Å². The molecule has 42 heavy (non-hydrogen) atoms. The molecule has 1 unspecified atom stereocenters. The number of fused-ring (bicyclic) bond motifs is 3. The number of carbonyl (C=O) groups excluding carboxylic acids is 2. The summed E-state index contributed by atoms with van der Waals surface area (Å²) in [5, 5.41) is 17.5. The largest absolute Gasteiger partial charge is 0.496 e. The Morgan fingerprint density at radius 3 is 2.62 bits per heavy atom. The highest BCUT2D eigenvalue weighted by Crippen LogP contribution is 2.44. The molecule has 212 valence electrons. The average molecular weight is 580 g/mol. The third-order valence-corrected chi connectivity index (χ3v) is 8.53. The lowest BCUT2D eigenvalue weighted by Crippen LogP contribution is -2.35. The van der Waals surface area contributed by atoms with Gasteiger partial charge < -0.3 is 14.8 Å². The van der Waals surface area contributed by atoms with E-state index in [0.717, 1.165) is 46.1 Å². The molecule has 6 rings (SSSR count). The Hall–Kier alpha value is -4.43. The number of hydrogen-bond donors (Lipinski definition) is 1. The van der Waals surface area contributed by atoms with Crippen molar-refractivity contribution < 1.29 is 19.1 Å².